The van der Waals surface area contributed by atoms with E-state index in [0.29, 0.717) is 17.8 Å². The Labute approximate surface area is 290 Å². The second-order valence-corrected chi connectivity index (χ2v) is 15.4. The molecule has 0 heterocycles. The minimum Gasteiger partial charge on any atom is -0.496 e. The number of methoxy groups -OCH3 is 1. The molecular formula is C45H78O. The Morgan fingerprint density at radius 1 is 0.413 bits per heavy atom. The minimum absolute atomic E-state index is 0. The van der Waals surface area contributed by atoms with Crippen LogP contribution in [0, 0.1) is 52.4 Å². The first-order valence-electron chi connectivity index (χ1n) is 16.4. The zero-order valence-electron chi connectivity index (χ0n) is 31.3. The minimum atomic E-state index is 0. The molecule has 0 bridgehead atoms. The molecule has 0 amide bonds. The summed E-state index contributed by atoms with van der Waals surface area (Å²) in [6.07, 6.45) is 0. The van der Waals surface area contributed by atoms with Crippen LogP contribution in [0.25, 0.3) is 0 Å². The number of hydrogen-bond donors (Lipinski definition) is 0. The molecule has 0 radical (unpaired) electrons. The van der Waals surface area contributed by atoms with E-state index in [1.807, 2.05) is 0 Å². The lowest BCUT2D eigenvalue weighted by Gasteiger charge is -2.30. The van der Waals surface area contributed by atoms with Crippen molar-refractivity contribution in [2.45, 2.75) is 156 Å². The van der Waals surface area contributed by atoms with Crippen molar-refractivity contribution in [3.8, 4) is 5.75 Å². The van der Waals surface area contributed by atoms with Crippen LogP contribution in [0.5, 0.6) is 5.75 Å². The van der Waals surface area contributed by atoms with Gasteiger partial charge in [0, 0.05) is 0 Å². The Kier molecular flexibility index (Phi) is 20.1. The van der Waals surface area contributed by atoms with Crippen LogP contribution in [0.3, 0.4) is 0 Å². The van der Waals surface area contributed by atoms with Gasteiger partial charge >= 0.3 is 0 Å². The van der Waals surface area contributed by atoms with Crippen LogP contribution < -0.4 is 4.74 Å². The topological polar surface area (TPSA) is 9.23 Å². The van der Waals surface area contributed by atoms with Crippen LogP contribution >= 0.6 is 0 Å². The normalized spacial score (nSPS) is 11.3. The van der Waals surface area contributed by atoms with Gasteiger partial charge < -0.3 is 4.74 Å². The highest BCUT2D eigenvalue weighted by Gasteiger charge is 2.26. The van der Waals surface area contributed by atoms with Gasteiger partial charge in [-0.25, -0.2) is 0 Å². The van der Waals surface area contributed by atoms with Gasteiger partial charge in [-0.15, -0.1) is 0 Å². The first kappa shape index (κ1) is 47.9. The summed E-state index contributed by atoms with van der Waals surface area (Å²) in [7, 11) is 1.72. The molecule has 0 aliphatic carbocycles. The maximum atomic E-state index is 5.27. The van der Waals surface area contributed by atoms with E-state index in [1.165, 1.54) is 44.5 Å². The third-order valence-corrected chi connectivity index (χ3v) is 11.0. The average Bonchev–Trinajstić information content (AvgIpc) is 2.92. The number of benzene rings is 3. The average molecular weight is 635 g/mol. The Balaban J connectivity index is -0.000000584. The van der Waals surface area contributed by atoms with Crippen LogP contribution in [0.15, 0.2) is 54.6 Å². The van der Waals surface area contributed by atoms with Crippen molar-refractivity contribution in [2.24, 2.45) is 17.8 Å². The second kappa shape index (κ2) is 19.3. The highest BCUT2D eigenvalue weighted by Crippen LogP contribution is 2.34. The van der Waals surface area contributed by atoms with Crippen molar-refractivity contribution in [1.82, 2.24) is 0 Å². The van der Waals surface area contributed by atoms with Gasteiger partial charge in [-0.2, -0.15) is 0 Å². The van der Waals surface area contributed by atoms with Gasteiger partial charge in [0.1, 0.15) is 5.75 Å². The van der Waals surface area contributed by atoms with E-state index in [1.54, 1.807) is 7.11 Å². The molecule has 1 nitrogen and oxygen atoms in total. The summed E-state index contributed by atoms with van der Waals surface area (Å²) < 4.78 is 5.27. The molecule has 0 unspecified atom stereocenters. The SMILES string of the molecule is C.C.C.COc1ccc(C(C)(C)C(C)C)cc1C.Cc1ccc(C(C)(C)C(C)C)cc1C.Cc1ccc(C(C)(C)C(C)C)cc1C. The van der Waals surface area contributed by atoms with Crippen molar-refractivity contribution < 1.29 is 4.74 Å². The van der Waals surface area contributed by atoms with E-state index < -0.39 is 0 Å². The molecule has 3 aromatic rings. The summed E-state index contributed by atoms with van der Waals surface area (Å²) in [6, 6.07) is 20.1. The predicted octanol–water partition coefficient (Wildman–Crippen LogP) is 14.3. The summed E-state index contributed by atoms with van der Waals surface area (Å²) in [5.74, 6) is 2.94. The van der Waals surface area contributed by atoms with Gasteiger partial charge in [-0.05, 0) is 119 Å². The lowest BCUT2D eigenvalue weighted by Crippen LogP contribution is -2.24. The van der Waals surface area contributed by atoms with E-state index in [-0.39, 0.29) is 38.5 Å². The molecule has 0 aliphatic rings. The lowest BCUT2D eigenvalue weighted by atomic mass is 9.74. The number of ether oxygens (including phenoxy) is 1. The van der Waals surface area contributed by atoms with Gasteiger partial charge in [0.05, 0.1) is 7.11 Å². The fraction of sp³-hybridized carbons (Fsp3) is 0.600. The third-order valence-electron chi connectivity index (χ3n) is 11.0. The third kappa shape index (κ3) is 12.2. The summed E-state index contributed by atoms with van der Waals surface area (Å²) in [5, 5.41) is 0. The van der Waals surface area contributed by atoms with E-state index in [0.717, 1.165) is 5.75 Å². The van der Waals surface area contributed by atoms with E-state index in [9.17, 15) is 0 Å². The Morgan fingerprint density at radius 3 is 0.891 bits per heavy atom. The molecular weight excluding hydrogens is 556 g/mol. The number of hydrogen-bond acceptors (Lipinski definition) is 1. The maximum Gasteiger partial charge on any atom is 0.121 e. The van der Waals surface area contributed by atoms with E-state index in [2.05, 4.69) is 172 Å². The molecule has 3 aromatic carbocycles. The van der Waals surface area contributed by atoms with Gasteiger partial charge in [0.2, 0.25) is 0 Å². The molecule has 0 aromatic heterocycles. The van der Waals surface area contributed by atoms with Crippen LogP contribution in [-0.4, -0.2) is 7.11 Å². The summed E-state index contributed by atoms with van der Waals surface area (Å²) >= 11 is 0. The van der Waals surface area contributed by atoms with Crippen molar-refractivity contribution in [2.75, 3.05) is 7.11 Å². The van der Waals surface area contributed by atoms with Gasteiger partial charge in [-0.1, -0.05) is 154 Å². The first-order chi connectivity index (χ1) is 19.6. The smallest absolute Gasteiger partial charge is 0.121 e. The van der Waals surface area contributed by atoms with Gasteiger partial charge in [-0.3, -0.25) is 0 Å². The van der Waals surface area contributed by atoms with Gasteiger partial charge in [0.25, 0.3) is 0 Å². The summed E-state index contributed by atoms with van der Waals surface area (Å²) in [6.45, 7) is 38.4. The molecule has 264 valence electrons. The lowest BCUT2D eigenvalue weighted by molar-refractivity contribution is 0.370. The van der Waals surface area contributed by atoms with Crippen LogP contribution in [0.2, 0.25) is 0 Å². The highest BCUT2D eigenvalue weighted by atomic mass is 16.5. The van der Waals surface area contributed by atoms with Crippen molar-refractivity contribution in [3.63, 3.8) is 0 Å². The largest absolute Gasteiger partial charge is 0.496 e. The van der Waals surface area contributed by atoms with Crippen LogP contribution in [0.1, 0.15) is 150 Å². The molecule has 0 spiro atoms. The molecule has 46 heavy (non-hydrogen) atoms. The predicted molar refractivity (Wildman–Crippen MR) is 213 cm³/mol. The van der Waals surface area contributed by atoms with Crippen molar-refractivity contribution >= 4 is 0 Å². The maximum absolute atomic E-state index is 5.27. The van der Waals surface area contributed by atoms with Gasteiger partial charge in [0.15, 0.2) is 0 Å². The molecule has 0 saturated heterocycles. The Hall–Kier alpha value is -2.54. The molecule has 0 aliphatic heterocycles. The fourth-order valence-corrected chi connectivity index (χ4v) is 4.56. The Bertz CT molecular complexity index is 1230. The monoisotopic (exact) mass is 635 g/mol. The zero-order valence-corrected chi connectivity index (χ0v) is 31.3. The fourth-order valence-electron chi connectivity index (χ4n) is 4.56. The number of rotatable bonds is 7. The first-order valence-corrected chi connectivity index (χ1v) is 16.4. The molecule has 0 N–H and O–H groups in total. The zero-order chi connectivity index (χ0) is 33.5. The van der Waals surface area contributed by atoms with Crippen LogP contribution in [-0.2, 0) is 16.2 Å². The Morgan fingerprint density at radius 2 is 0.674 bits per heavy atom. The second-order valence-electron chi connectivity index (χ2n) is 15.4. The summed E-state index contributed by atoms with van der Waals surface area (Å²) in [5.41, 5.74) is 11.8. The molecule has 0 atom stereocenters. The molecule has 1 heteroatoms. The summed E-state index contributed by atoms with van der Waals surface area (Å²) in [4.78, 5) is 0. The van der Waals surface area contributed by atoms with Crippen molar-refractivity contribution in [3.05, 3.63) is 99.1 Å². The van der Waals surface area contributed by atoms with Crippen LogP contribution in [0.4, 0.5) is 0 Å². The highest BCUT2D eigenvalue weighted by molar-refractivity contribution is 5.39. The molecule has 0 fully saturated rings. The van der Waals surface area contributed by atoms with Crippen molar-refractivity contribution in [1.29, 1.82) is 0 Å². The standard InChI is InChI=1S/C14H22O.2C14H22.3CH4/c1-10(2)14(4,5)12-7-8-13(15-6)11(3)9-12;2*1-10(2)14(5,6)13-8-7-11(3)12(4)9-13;;;/h7-10H,1-6H3;2*7-10H,1-6H3;3*1H4. The molecule has 0 saturated carbocycles. The molecule has 3 rings (SSSR count). The quantitative estimate of drug-likeness (QED) is 0.251. The van der Waals surface area contributed by atoms with E-state index in [4.69, 9.17) is 4.74 Å². The number of aryl methyl sites for hydroxylation is 5. The van der Waals surface area contributed by atoms with E-state index >= 15 is 0 Å².